The molecule has 76 heavy (non-hydrogen) atoms. The summed E-state index contributed by atoms with van der Waals surface area (Å²) < 4.78 is 2.64. The van der Waals surface area contributed by atoms with Crippen LogP contribution in [0.25, 0.3) is 64.7 Å². The molecule has 0 fully saturated rings. The monoisotopic (exact) mass is 983 g/mol. The Hall–Kier alpha value is -9.34. The van der Waals surface area contributed by atoms with Gasteiger partial charge >= 0.3 is 0 Å². The highest BCUT2D eigenvalue weighted by Gasteiger charge is 2.47. The number of nitrogens with zero attached hydrogens (tertiary/aromatic N) is 1. The predicted molar refractivity (Wildman–Crippen MR) is 319 cm³/mol. The van der Waals surface area contributed by atoms with Gasteiger partial charge in [0.15, 0.2) is 0 Å². The van der Waals surface area contributed by atoms with Gasteiger partial charge in [0.2, 0.25) is 0 Å². The minimum Gasteiger partial charge on any atom is -0.310 e. The molecule has 0 amide bonds. The van der Waals surface area contributed by atoms with E-state index in [1.165, 1.54) is 109 Å². The maximum Gasteiger partial charge on any atom is 0.0713 e. The Morgan fingerprint density at radius 3 is 1.26 bits per heavy atom. The Labute approximate surface area is 447 Å². The van der Waals surface area contributed by atoms with Crippen molar-refractivity contribution in [3.05, 3.63) is 342 Å². The smallest absolute Gasteiger partial charge is 0.0713 e. The molecule has 0 atom stereocenters. The van der Waals surface area contributed by atoms with Crippen LogP contribution in [-0.4, -0.2) is 0 Å². The Morgan fingerprint density at radius 2 is 0.671 bits per heavy atom. The van der Waals surface area contributed by atoms with Crippen molar-refractivity contribution in [2.24, 2.45) is 0 Å². The largest absolute Gasteiger partial charge is 0.310 e. The topological polar surface area (TPSA) is 3.24 Å². The van der Waals surface area contributed by atoms with Gasteiger partial charge in [0.25, 0.3) is 0 Å². The lowest BCUT2D eigenvalue weighted by Gasteiger charge is -2.34. The molecule has 0 bridgehead atoms. The van der Waals surface area contributed by atoms with E-state index in [1.54, 1.807) is 0 Å². The third-order valence-corrected chi connectivity index (χ3v) is 17.7. The van der Waals surface area contributed by atoms with Crippen molar-refractivity contribution >= 4 is 48.6 Å². The van der Waals surface area contributed by atoms with E-state index in [1.807, 2.05) is 11.3 Å². The first-order chi connectivity index (χ1) is 37.7. The van der Waals surface area contributed by atoms with E-state index in [2.05, 4.69) is 302 Å². The van der Waals surface area contributed by atoms with Crippen LogP contribution < -0.4 is 4.90 Å². The van der Waals surface area contributed by atoms with Gasteiger partial charge in [-0.05, 0) is 138 Å². The minimum atomic E-state index is -0.482. The molecule has 13 aromatic rings. The van der Waals surface area contributed by atoms with Gasteiger partial charge in [-0.25, -0.2) is 0 Å². The number of thiophene rings is 1. The Balaban J connectivity index is 0.887. The second-order valence-electron chi connectivity index (χ2n) is 20.3. The van der Waals surface area contributed by atoms with Gasteiger partial charge in [-0.3, -0.25) is 0 Å². The first-order valence-corrected chi connectivity index (χ1v) is 27.1. The van der Waals surface area contributed by atoms with Gasteiger partial charge in [0.05, 0.1) is 10.8 Å². The molecule has 1 aromatic heterocycles. The number of hydrogen-bond donors (Lipinski definition) is 0. The summed E-state index contributed by atoms with van der Waals surface area (Å²) in [5, 5.41) is 2.62. The maximum atomic E-state index is 2.46. The van der Waals surface area contributed by atoms with Gasteiger partial charge in [0.1, 0.15) is 0 Å². The molecule has 0 aliphatic heterocycles. The van der Waals surface area contributed by atoms with Crippen molar-refractivity contribution in [2.45, 2.75) is 10.8 Å². The summed E-state index contributed by atoms with van der Waals surface area (Å²) >= 11 is 1.88. The average molecular weight is 984 g/mol. The van der Waals surface area contributed by atoms with Crippen LogP contribution in [0.4, 0.5) is 17.1 Å². The Morgan fingerprint density at radius 1 is 0.250 bits per heavy atom. The van der Waals surface area contributed by atoms with E-state index in [9.17, 15) is 0 Å². The highest BCUT2D eigenvalue weighted by atomic mass is 32.1. The molecule has 2 aliphatic rings. The molecule has 0 radical (unpaired) electrons. The van der Waals surface area contributed by atoms with E-state index in [0.717, 1.165) is 17.1 Å². The molecule has 12 aromatic carbocycles. The van der Waals surface area contributed by atoms with Gasteiger partial charge in [-0.15, -0.1) is 11.3 Å². The van der Waals surface area contributed by atoms with E-state index in [-0.39, 0.29) is 0 Å². The van der Waals surface area contributed by atoms with Gasteiger partial charge in [-0.1, -0.05) is 249 Å². The van der Waals surface area contributed by atoms with E-state index in [0.29, 0.717) is 0 Å². The lowest BCUT2D eigenvalue weighted by atomic mass is 9.67. The van der Waals surface area contributed by atoms with Crippen LogP contribution >= 0.6 is 11.3 Å². The van der Waals surface area contributed by atoms with E-state index in [4.69, 9.17) is 0 Å². The summed E-state index contributed by atoms with van der Waals surface area (Å²) in [5.74, 6) is 0. The summed E-state index contributed by atoms with van der Waals surface area (Å²) in [6.07, 6.45) is 0. The van der Waals surface area contributed by atoms with Gasteiger partial charge in [-0.2, -0.15) is 0 Å². The zero-order chi connectivity index (χ0) is 50.2. The molecule has 356 valence electrons. The number of hydrogen-bond acceptors (Lipinski definition) is 2. The van der Waals surface area contributed by atoms with Crippen LogP contribution in [0.5, 0.6) is 0 Å². The van der Waals surface area contributed by atoms with Crippen molar-refractivity contribution in [3.63, 3.8) is 0 Å². The normalized spacial score (nSPS) is 13.5. The summed E-state index contributed by atoms with van der Waals surface area (Å²) in [6, 6.07) is 111. The second-order valence-corrected chi connectivity index (χ2v) is 21.3. The summed E-state index contributed by atoms with van der Waals surface area (Å²) in [4.78, 5) is 2.44. The predicted octanol–water partition coefficient (Wildman–Crippen LogP) is 19.6. The van der Waals surface area contributed by atoms with E-state index >= 15 is 0 Å². The van der Waals surface area contributed by atoms with Crippen molar-refractivity contribution in [1.29, 1.82) is 0 Å². The fraction of sp³-hybridized carbons (Fsp3) is 0.0270. The molecule has 0 N–H and O–H groups in total. The molecule has 2 heteroatoms. The molecular weight excluding hydrogens is 935 g/mol. The lowest BCUT2D eigenvalue weighted by molar-refractivity contribution is 0.768. The third-order valence-electron chi connectivity index (χ3n) is 16.5. The Bertz CT molecular complexity index is 4230. The zero-order valence-corrected chi connectivity index (χ0v) is 42.5. The SMILES string of the molecule is c1ccc(C2(c3ccccc3)c3ccccc3-c3cc(N(c4ccc(-c5ccc6c(c5)C(c5ccccc5)(c5ccccc5)c5ccccc5-6)cc4)c4ccc(-c5cccc6c5sc5ccccc56)cc4)ccc32)cc1. The minimum absolute atomic E-state index is 0.472. The van der Waals surface area contributed by atoms with Crippen LogP contribution in [0.15, 0.2) is 297 Å². The highest BCUT2D eigenvalue weighted by Crippen LogP contribution is 2.59. The Kier molecular flexibility index (Phi) is 10.3. The number of rotatable bonds is 9. The molecule has 1 nitrogen and oxygen atoms in total. The highest BCUT2D eigenvalue weighted by molar-refractivity contribution is 7.26. The first-order valence-electron chi connectivity index (χ1n) is 26.3. The number of benzene rings is 12. The lowest BCUT2D eigenvalue weighted by Crippen LogP contribution is -2.28. The van der Waals surface area contributed by atoms with Crippen LogP contribution in [-0.2, 0) is 10.8 Å². The first kappa shape index (κ1) is 44.2. The summed E-state index contributed by atoms with van der Waals surface area (Å²) in [5.41, 5.74) is 22.5. The van der Waals surface area contributed by atoms with Crippen LogP contribution in [0.3, 0.4) is 0 Å². The van der Waals surface area contributed by atoms with Crippen molar-refractivity contribution in [1.82, 2.24) is 0 Å². The third kappa shape index (κ3) is 6.57. The van der Waals surface area contributed by atoms with Crippen LogP contribution in [0.2, 0.25) is 0 Å². The summed E-state index contributed by atoms with van der Waals surface area (Å²) in [6.45, 7) is 0. The summed E-state index contributed by atoms with van der Waals surface area (Å²) in [7, 11) is 0. The van der Waals surface area contributed by atoms with Gasteiger partial charge in [0, 0.05) is 37.2 Å². The molecule has 0 saturated heterocycles. The molecule has 15 rings (SSSR count). The van der Waals surface area contributed by atoms with Crippen molar-refractivity contribution in [3.8, 4) is 44.5 Å². The van der Waals surface area contributed by atoms with Crippen molar-refractivity contribution in [2.75, 3.05) is 4.90 Å². The standard InChI is InChI=1S/C74H49NS/c1-5-20-53(21-6-1)73(54-22-7-2-8-23-54)68-34-17-14-29-62(68)66-49-59(45-47-69(66)73)75(58-43-38-51(39-44-58)60-31-19-32-65-64-30-15-18-35-71(64)76-72(60)65)57-41-36-50(37-42-57)52-40-46-63-61-28-13-16-33-67(61)74(70(63)48-52,55-24-9-3-10-25-55)56-26-11-4-12-27-56/h1-49H. The van der Waals surface area contributed by atoms with E-state index < -0.39 is 10.8 Å². The number of anilines is 3. The molecule has 2 aliphatic carbocycles. The molecular formula is C74H49NS. The van der Waals surface area contributed by atoms with Crippen LogP contribution in [0, 0.1) is 0 Å². The zero-order valence-electron chi connectivity index (χ0n) is 41.6. The quantitative estimate of drug-likeness (QED) is 0.139. The fourth-order valence-electron chi connectivity index (χ4n) is 13.2. The molecule has 0 saturated carbocycles. The van der Waals surface area contributed by atoms with Crippen LogP contribution in [0.1, 0.15) is 44.5 Å². The second kappa shape index (κ2) is 17.7. The number of fused-ring (bicyclic) bond motifs is 9. The maximum absolute atomic E-state index is 2.46. The fourth-order valence-corrected chi connectivity index (χ4v) is 14.5. The average Bonchev–Trinajstić information content (AvgIpc) is 4.16. The van der Waals surface area contributed by atoms with Gasteiger partial charge < -0.3 is 4.90 Å². The molecule has 1 heterocycles. The molecule has 0 spiro atoms. The van der Waals surface area contributed by atoms with Crippen molar-refractivity contribution < 1.29 is 0 Å². The molecule has 0 unspecified atom stereocenters.